The number of amides is 1. The summed E-state index contributed by atoms with van der Waals surface area (Å²) in [5.41, 5.74) is 7.87. The summed E-state index contributed by atoms with van der Waals surface area (Å²) >= 11 is 6.07. The Labute approximate surface area is 155 Å². The minimum absolute atomic E-state index is 0.110. The van der Waals surface area contributed by atoms with Crippen molar-refractivity contribution in [3.8, 4) is 6.07 Å². The number of nitrogens with two attached hydrogens (primary N) is 1. The first-order valence-electron chi connectivity index (χ1n) is 7.67. The number of benzene rings is 2. The van der Waals surface area contributed by atoms with Crippen LogP contribution >= 0.6 is 19.4 Å². The number of aryl methyl sites for hydroxylation is 1. The minimum Gasteiger partial charge on any atom is -0.364 e. The maximum atomic E-state index is 13.3. The Balaban J connectivity index is 2.22. The van der Waals surface area contributed by atoms with Crippen molar-refractivity contribution in [1.82, 2.24) is 4.98 Å². The van der Waals surface area contributed by atoms with Crippen molar-refractivity contribution in [3.63, 3.8) is 0 Å². The number of aromatic amines is 1. The molecule has 1 amide bonds. The van der Waals surface area contributed by atoms with E-state index < -0.39 is 13.7 Å². The van der Waals surface area contributed by atoms with Crippen molar-refractivity contribution in [1.29, 1.82) is 5.26 Å². The maximum Gasteiger partial charge on any atom is 0.418 e. The number of hydrogen-bond donors (Lipinski definition) is 2. The van der Waals surface area contributed by atoms with Crippen LogP contribution in [-0.2, 0) is 4.57 Å². The number of nitrogens with zero attached hydrogens (tertiary/aromatic N) is 1. The first kappa shape index (κ1) is 17.9. The first-order valence-corrected chi connectivity index (χ1v) is 9.30. The van der Waals surface area contributed by atoms with Crippen LogP contribution in [0.1, 0.15) is 21.6 Å². The molecule has 0 radical (unpaired) electrons. The van der Waals surface area contributed by atoms with Gasteiger partial charge in [0.1, 0.15) is 0 Å². The van der Waals surface area contributed by atoms with Crippen molar-refractivity contribution in [3.05, 3.63) is 64.3 Å². The molecule has 0 saturated heterocycles. The second kappa shape index (κ2) is 7.13. The molecular weight excluding hydrogens is 369 g/mol. The Morgan fingerprint density at radius 3 is 2.77 bits per heavy atom. The molecular formula is C19H14ClN3O2P+. The first-order chi connectivity index (χ1) is 12.4. The van der Waals surface area contributed by atoms with Crippen LogP contribution in [0.15, 0.2) is 42.5 Å². The number of aromatic nitrogens is 1. The van der Waals surface area contributed by atoms with Crippen LogP contribution in [0.25, 0.3) is 17.0 Å². The smallest absolute Gasteiger partial charge is 0.364 e. The molecule has 1 atom stereocenters. The highest BCUT2D eigenvalue weighted by molar-refractivity contribution is 7.62. The van der Waals surface area contributed by atoms with Gasteiger partial charge in [-0.25, -0.2) is 0 Å². The number of nitrogens with one attached hydrogen (secondary N) is 1. The number of carbonyl (C=O) groups is 1. The number of hydrogen-bond acceptors (Lipinski definition) is 3. The average molecular weight is 383 g/mol. The van der Waals surface area contributed by atoms with Crippen molar-refractivity contribution in [2.24, 2.45) is 5.73 Å². The Morgan fingerprint density at radius 1 is 1.31 bits per heavy atom. The van der Waals surface area contributed by atoms with Gasteiger partial charge in [-0.1, -0.05) is 22.2 Å². The SMILES string of the molecule is Cc1cc(/C=C/C#N)cc([P+](=O)c2c(C(N)=O)[nH]c3ccc(Cl)cc23)c1. The quantitative estimate of drug-likeness (QED) is 0.533. The van der Waals surface area contributed by atoms with E-state index in [9.17, 15) is 9.36 Å². The topological polar surface area (TPSA) is 99.7 Å². The zero-order valence-corrected chi connectivity index (χ0v) is 15.4. The molecule has 0 aliphatic carbocycles. The van der Waals surface area contributed by atoms with Crippen molar-refractivity contribution < 1.29 is 9.36 Å². The van der Waals surface area contributed by atoms with E-state index in [4.69, 9.17) is 22.6 Å². The normalized spacial score (nSPS) is 11.7. The average Bonchev–Trinajstić information content (AvgIpc) is 2.97. The van der Waals surface area contributed by atoms with Gasteiger partial charge >= 0.3 is 7.80 Å². The van der Waals surface area contributed by atoms with Crippen LogP contribution < -0.4 is 16.3 Å². The fourth-order valence-corrected chi connectivity index (χ4v) is 4.60. The Kier molecular flexibility index (Phi) is 4.90. The highest BCUT2D eigenvalue weighted by atomic mass is 35.5. The summed E-state index contributed by atoms with van der Waals surface area (Å²) in [6.07, 6.45) is 2.99. The molecule has 3 N–H and O–H groups in total. The van der Waals surface area contributed by atoms with Gasteiger partial charge in [0.25, 0.3) is 5.91 Å². The summed E-state index contributed by atoms with van der Waals surface area (Å²) < 4.78 is 13.3. The van der Waals surface area contributed by atoms with E-state index in [0.29, 0.717) is 26.5 Å². The van der Waals surface area contributed by atoms with Gasteiger partial charge in [0.2, 0.25) is 5.30 Å². The van der Waals surface area contributed by atoms with E-state index in [2.05, 4.69) is 4.98 Å². The molecule has 128 valence electrons. The molecule has 1 heterocycles. The molecule has 0 spiro atoms. The van der Waals surface area contributed by atoms with Gasteiger partial charge < -0.3 is 10.7 Å². The predicted molar refractivity (Wildman–Crippen MR) is 105 cm³/mol. The van der Waals surface area contributed by atoms with Crippen molar-refractivity contribution >= 4 is 52.9 Å². The molecule has 7 heteroatoms. The molecule has 1 unspecified atom stereocenters. The monoisotopic (exact) mass is 382 g/mol. The molecule has 0 fully saturated rings. The number of fused-ring (bicyclic) bond motifs is 1. The third-order valence-electron chi connectivity index (χ3n) is 3.85. The van der Waals surface area contributed by atoms with Gasteiger partial charge in [-0.2, -0.15) is 5.26 Å². The highest BCUT2D eigenvalue weighted by Crippen LogP contribution is 2.30. The van der Waals surface area contributed by atoms with E-state index in [1.54, 1.807) is 36.4 Å². The molecule has 2 aromatic carbocycles. The van der Waals surface area contributed by atoms with Gasteiger partial charge in [-0.15, -0.1) is 0 Å². The summed E-state index contributed by atoms with van der Waals surface area (Å²) in [5, 5.41) is 10.7. The second-order valence-electron chi connectivity index (χ2n) is 5.76. The predicted octanol–water partition coefficient (Wildman–Crippen LogP) is 3.54. The fourth-order valence-electron chi connectivity index (χ4n) is 2.81. The standard InChI is InChI=1S/C19H13ClN3O2P/c1-11-7-12(3-2-6-21)9-14(8-11)26(25)18-15-10-13(20)4-5-16(15)23-17(18)19(22)24/h2-5,7-10H,1H3,(H2-,22,23,24,25)/p+1/b3-2+. The van der Waals surface area contributed by atoms with Gasteiger partial charge in [-0.3, -0.25) is 4.79 Å². The van der Waals surface area contributed by atoms with E-state index in [-0.39, 0.29) is 5.69 Å². The summed E-state index contributed by atoms with van der Waals surface area (Å²) in [4.78, 5) is 14.8. The largest absolute Gasteiger partial charge is 0.418 e. The third-order valence-corrected chi connectivity index (χ3v) is 5.68. The molecule has 1 aromatic heterocycles. The third kappa shape index (κ3) is 3.39. The maximum absolute atomic E-state index is 13.3. The molecule has 26 heavy (non-hydrogen) atoms. The van der Waals surface area contributed by atoms with Gasteiger partial charge in [-0.05, 0) is 54.5 Å². The molecule has 3 rings (SSSR count). The zero-order chi connectivity index (χ0) is 18.8. The number of carbonyl (C=O) groups excluding carboxylic acids is 1. The summed E-state index contributed by atoms with van der Waals surface area (Å²) in [5.74, 6) is -0.687. The summed E-state index contributed by atoms with van der Waals surface area (Å²) in [7, 11) is -2.10. The van der Waals surface area contributed by atoms with Crippen LogP contribution in [0.2, 0.25) is 5.02 Å². The lowest BCUT2D eigenvalue weighted by molar-refractivity contribution is 0.0997. The van der Waals surface area contributed by atoms with E-state index in [1.165, 1.54) is 6.08 Å². The lowest BCUT2D eigenvalue weighted by Crippen LogP contribution is -2.21. The molecule has 0 aliphatic rings. The highest BCUT2D eigenvalue weighted by Gasteiger charge is 2.34. The van der Waals surface area contributed by atoms with Crippen LogP contribution in [-0.4, -0.2) is 10.9 Å². The summed E-state index contributed by atoms with van der Waals surface area (Å²) in [6, 6.07) is 12.4. The zero-order valence-electron chi connectivity index (χ0n) is 13.8. The van der Waals surface area contributed by atoms with Crippen molar-refractivity contribution in [2.45, 2.75) is 6.92 Å². The number of allylic oxidation sites excluding steroid dienone is 1. The number of rotatable bonds is 4. The van der Waals surface area contributed by atoms with Gasteiger partial charge in [0, 0.05) is 11.1 Å². The van der Waals surface area contributed by atoms with E-state index in [0.717, 1.165) is 11.1 Å². The number of H-pyrrole nitrogens is 1. The Morgan fingerprint density at radius 2 is 2.08 bits per heavy atom. The summed E-state index contributed by atoms with van der Waals surface area (Å²) in [6.45, 7) is 1.87. The lowest BCUT2D eigenvalue weighted by Gasteiger charge is -1.98. The minimum atomic E-state index is -2.10. The fraction of sp³-hybridized carbons (Fsp3) is 0.0526. The van der Waals surface area contributed by atoms with Crippen LogP contribution in [0.3, 0.4) is 0 Å². The van der Waals surface area contributed by atoms with Crippen molar-refractivity contribution in [2.75, 3.05) is 0 Å². The molecule has 0 bridgehead atoms. The Hall–Kier alpha value is -2.93. The van der Waals surface area contributed by atoms with Crippen LogP contribution in [0.5, 0.6) is 0 Å². The number of halogens is 1. The number of nitriles is 1. The molecule has 5 nitrogen and oxygen atoms in total. The molecule has 0 aliphatic heterocycles. The van der Waals surface area contributed by atoms with Gasteiger partial charge in [0.15, 0.2) is 11.0 Å². The van der Waals surface area contributed by atoms with Crippen LogP contribution in [0.4, 0.5) is 0 Å². The van der Waals surface area contributed by atoms with Gasteiger partial charge in [0.05, 0.1) is 17.0 Å². The van der Waals surface area contributed by atoms with E-state index in [1.807, 2.05) is 19.1 Å². The second-order valence-corrected chi connectivity index (χ2v) is 7.75. The number of primary amides is 1. The Bertz CT molecular complexity index is 1130. The molecule has 0 saturated carbocycles. The van der Waals surface area contributed by atoms with E-state index >= 15 is 0 Å². The lowest BCUT2D eigenvalue weighted by atomic mass is 10.1. The van der Waals surface area contributed by atoms with Crippen LogP contribution in [0, 0.1) is 18.3 Å². The molecule has 3 aromatic rings.